The van der Waals surface area contributed by atoms with Crippen molar-refractivity contribution in [3.05, 3.63) is 56.5 Å². The van der Waals surface area contributed by atoms with Gasteiger partial charge in [-0.25, -0.2) is 4.79 Å². The van der Waals surface area contributed by atoms with Crippen molar-refractivity contribution >= 4 is 28.0 Å². The first-order chi connectivity index (χ1) is 10.1. The zero-order chi connectivity index (χ0) is 15.0. The number of carbonyl (C=O) groups excluding carboxylic acids is 1. The molecule has 3 rings (SSSR count). The molecule has 1 N–H and O–H groups in total. The van der Waals surface area contributed by atoms with E-state index in [0.717, 1.165) is 0 Å². The fraction of sp³-hybridized carbons (Fsp3) is 0.133. The SMILES string of the molecule is CCOC(=O)c1c[nH]c2c(=O)c3ccccc3oc2c1=O. The summed E-state index contributed by atoms with van der Waals surface area (Å²) in [5.74, 6) is -0.753. The highest BCUT2D eigenvalue weighted by molar-refractivity contribution is 5.94. The van der Waals surface area contributed by atoms with Crippen molar-refractivity contribution in [1.82, 2.24) is 4.98 Å². The third kappa shape index (κ3) is 2.01. The first-order valence-electron chi connectivity index (χ1n) is 6.38. The Morgan fingerprint density at radius 1 is 1.24 bits per heavy atom. The Labute approximate surface area is 118 Å². The van der Waals surface area contributed by atoms with Gasteiger partial charge in [-0.15, -0.1) is 0 Å². The monoisotopic (exact) mass is 285 g/mol. The lowest BCUT2D eigenvalue weighted by Crippen LogP contribution is -2.20. The molecule has 1 aromatic carbocycles. The van der Waals surface area contributed by atoms with Crippen molar-refractivity contribution in [3.8, 4) is 0 Å². The summed E-state index contributed by atoms with van der Waals surface area (Å²) in [6.07, 6.45) is 1.17. The number of rotatable bonds is 2. The lowest BCUT2D eigenvalue weighted by Gasteiger charge is -2.03. The quantitative estimate of drug-likeness (QED) is 0.573. The van der Waals surface area contributed by atoms with E-state index in [1.807, 2.05) is 0 Å². The van der Waals surface area contributed by atoms with Crippen LogP contribution in [0.2, 0.25) is 0 Å². The van der Waals surface area contributed by atoms with Gasteiger partial charge in [0.05, 0.1) is 12.0 Å². The van der Waals surface area contributed by atoms with Gasteiger partial charge in [0.2, 0.25) is 16.4 Å². The number of fused-ring (bicyclic) bond motifs is 2. The molecule has 2 heterocycles. The van der Waals surface area contributed by atoms with Gasteiger partial charge in [0, 0.05) is 6.20 Å². The van der Waals surface area contributed by atoms with Crippen LogP contribution >= 0.6 is 0 Å². The summed E-state index contributed by atoms with van der Waals surface area (Å²) >= 11 is 0. The molecule has 0 saturated carbocycles. The highest BCUT2D eigenvalue weighted by Gasteiger charge is 2.18. The van der Waals surface area contributed by atoms with Gasteiger partial charge < -0.3 is 14.1 Å². The summed E-state index contributed by atoms with van der Waals surface area (Å²) in [4.78, 5) is 38.9. The van der Waals surface area contributed by atoms with Crippen LogP contribution < -0.4 is 10.9 Å². The first kappa shape index (κ1) is 13.1. The van der Waals surface area contributed by atoms with E-state index in [-0.39, 0.29) is 28.7 Å². The van der Waals surface area contributed by atoms with E-state index in [1.54, 1.807) is 31.2 Å². The Balaban J connectivity index is 2.39. The molecule has 0 fully saturated rings. The molecule has 0 aliphatic carbocycles. The molecule has 0 unspecified atom stereocenters. The number of H-pyrrole nitrogens is 1. The number of benzene rings is 1. The van der Waals surface area contributed by atoms with E-state index in [4.69, 9.17) is 9.15 Å². The molecule has 0 amide bonds. The van der Waals surface area contributed by atoms with Gasteiger partial charge in [-0.3, -0.25) is 9.59 Å². The predicted octanol–water partition coefficient (Wildman–Crippen LogP) is 1.81. The molecular formula is C15H11NO5. The minimum atomic E-state index is -0.753. The molecule has 6 nitrogen and oxygen atoms in total. The van der Waals surface area contributed by atoms with Crippen LogP contribution in [0.4, 0.5) is 0 Å². The van der Waals surface area contributed by atoms with Crippen LogP contribution in [0.1, 0.15) is 17.3 Å². The van der Waals surface area contributed by atoms with Crippen molar-refractivity contribution in [2.75, 3.05) is 6.61 Å². The van der Waals surface area contributed by atoms with E-state index in [1.165, 1.54) is 6.20 Å². The van der Waals surface area contributed by atoms with E-state index < -0.39 is 11.4 Å². The molecule has 21 heavy (non-hydrogen) atoms. The minimum Gasteiger partial charge on any atom is -0.462 e. The van der Waals surface area contributed by atoms with Crippen LogP contribution in [-0.2, 0) is 4.74 Å². The highest BCUT2D eigenvalue weighted by atomic mass is 16.5. The van der Waals surface area contributed by atoms with Crippen LogP contribution in [0.3, 0.4) is 0 Å². The predicted molar refractivity (Wildman–Crippen MR) is 76.6 cm³/mol. The minimum absolute atomic E-state index is 0.0340. The second kappa shape index (κ2) is 4.90. The first-order valence-corrected chi connectivity index (χ1v) is 6.38. The summed E-state index contributed by atoms with van der Waals surface area (Å²) in [6, 6.07) is 6.60. The average molecular weight is 285 g/mol. The van der Waals surface area contributed by atoms with E-state index in [9.17, 15) is 14.4 Å². The number of nitrogens with one attached hydrogen (secondary N) is 1. The van der Waals surface area contributed by atoms with Gasteiger partial charge in [0.15, 0.2) is 0 Å². The average Bonchev–Trinajstić information content (AvgIpc) is 2.49. The summed E-state index contributed by atoms with van der Waals surface area (Å²) in [5, 5.41) is 0.365. The van der Waals surface area contributed by atoms with E-state index >= 15 is 0 Å². The van der Waals surface area contributed by atoms with Crippen LogP contribution in [0.25, 0.3) is 22.1 Å². The molecular weight excluding hydrogens is 274 g/mol. The molecule has 0 bridgehead atoms. The Morgan fingerprint density at radius 3 is 2.76 bits per heavy atom. The van der Waals surface area contributed by atoms with Crippen LogP contribution in [0.5, 0.6) is 0 Å². The standard InChI is InChI=1S/C15H11NO5/c1-2-20-15(19)9-7-16-11-12(17)8-5-3-4-6-10(8)21-14(11)13(9)18/h3-7H,2H2,1H3,(H,16,18). The molecule has 2 aromatic heterocycles. The summed E-state index contributed by atoms with van der Waals surface area (Å²) < 4.78 is 10.3. The third-order valence-electron chi connectivity index (χ3n) is 3.10. The Kier molecular flexibility index (Phi) is 3.06. The van der Waals surface area contributed by atoms with Gasteiger partial charge in [-0.2, -0.15) is 0 Å². The highest BCUT2D eigenvalue weighted by Crippen LogP contribution is 2.14. The van der Waals surface area contributed by atoms with Crippen molar-refractivity contribution in [1.29, 1.82) is 0 Å². The molecule has 0 spiro atoms. The molecule has 0 radical (unpaired) electrons. The Hall–Kier alpha value is -2.89. The van der Waals surface area contributed by atoms with E-state index in [0.29, 0.717) is 11.0 Å². The van der Waals surface area contributed by atoms with Crippen LogP contribution in [-0.4, -0.2) is 17.6 Å². The number of carbonyl (C=O) groups is 1. The summed E-state index contributed by atoms with van der Waals surface area (Å²) in [7, 11) is 0. The lowest BCUT2D eigenvalue weighted by molar-refractivity contribution is 0.0524. The fourth-order valence-electron chi connectivity index (χ4n) is 2.13. The number of para-hydroxylation sites is 1. The van der Waals surface area contributed by atoms with Gasteiger partial charge in [-0.1, -0.05) is 12.1 Å². The number of hydrogen-bond donors (Lipinski definition) is 1. The van der Waals surface area contributed by atoms with Crippen molar-refractivity contribution in [2.24, 2.45) is 0 Å². The number of aromatic nitrogens is 1. The molecule has 6 heteroatoms. The maximum absolute atomic E-state index is 12.3. The summed E-state index contributed by atoms with van der Waals surface area (Å²) in [6.45, 7) is 1.79. The van der Waals surface area contributed by atoms with Crippen molar-refractivity contribution in [3.63, 3.8) is 0 Å². The second-order valence-electron chi connectivity index (χ2n) is 4.38. The van der Waals surface area contributed by atoms with Gasteiger partial charge >= 0.3 is 5.97 Å². The molecule has 0 saturated heterocycles. The maximum Gasteiger partial charge on any atom is 0.343 e. The molecule has 3 aromatic rings. The largest absolute Gasteiger partial charge is 0.462 e. The molecule has 0 aliphatic rings. The zero-order valence-corrected chi connectivity index (χ0v) is 11.1. The normalized spacial score (nSPS) is 10.9. The smallest absolute Gasteiger partial charge is 0.343 e. The Morgan fingerprint density at radius 2 is 2.00 bits per heavy atom. The fourth-order valence-corrected chi connectivity index (χ4v) is 2.13. The number of pyridine rings is 1. The molecule has 0 aliphatic heterocycles. The lowest BCUT2D eigenvalue weighted by atomic mass is 10.2. The van der Waals surface area contributed by atoms with Crippen molar-refractivity contribution < 1.29 is 13.9 Å². The zero-order valence-electron chi connectivity index (χ0n) is 11.1. The van der Waals surface area contributed by atoms with Gasteiger partial charge in [-0.05, 0) is 19.1 Å². The van der Waals surface area contributed by atoms with Gasteiger partial charge in [0.1, 0.15) is 16.7 Å². The molecule has 106 valence electrons. The summed E-state index contributed by atoms with van der Waals surface area (Å²) in [5.41, 5.74) is -1.05. The number of esters is 1. The second-order valence-corrected chi connectivity index (χ2v) is 4.38. The number of hydrogen-bond acceptors (Lipinski definition) is 5. The van der Waals surface area contributed by atoms with Crippen LogP contribution in [0.15, 0.2) is 44.5 Å². The number of ether oxygens (including phenoxy) is 1. The van der Waals surface area contributed by atoms with Gasteiger partial charge in [0.25, 0.3) is 0 Å². The Bertz CT molecular complexity index is 967. The maximum atomic E-state index is 12.3. The van der Waals surface area contributed by atoms with Crippen LogP contribution in [0, 0.1) is 0 Å². The third-order valence-corrected chi connectivity index (χ3v) is 3.10. The topological polar surface area (TPSA) is 89.4 Å². The van der Waals surface area contributed by atoms with E-state index in [2.05, 4.69) is 4.98 Å². The van der Waals surface area contributed by atoms with Crippen molar-refractivity contribution in [2.45, 2.75) is 6.92 Å². The molecule has 0 atom stereocenters. The number of aromatic amines is 1.